The van der Waals surface area contributed by atoms with Crippen LogP contribution in [-0.4, -0.2) is 34.0 Å². The Balaban J connectivity index is 2.05. The second-order valence-corrected chi connectivity index (χ2v) is 5.74. The first-order valence-corrected chi connectivity index (χ1v) is 7.96. The summed E-state index contributed by atoms with van der Waals surface area (Å²) in [5, 5.41) is 24.1. The molecule has 0 unspecified atom stereocenters. The summed E-state index contributed by atoms with van der Waals surface area (Å²) in [6.07, 6.45) is 1.78. The van der Waals surface area contributed by atoms with Crippen molar-refractivity contribution in [1.82, 2.24) is 0 Å². The molecule has 0 aromatic heterocycles. The molecule has 2 aromatic rings. The van der Waals surface area contributed by atoms with E-state index >= 15 is 0 Å². The van der Waals surface area contributed by atoms with Gasteiger partial charge in [-0.15, -0.1) is 0 Å². The normalized spacial score (nSPS) is 12.8. The minimum Gasteiger partial charge on any atom is -0.507 e. The van der Waals surface area contributed by atoms with E-state index in [-0.39, 0.29) is 34.2 Å². The minimum atomic E-state index is -0.582. The Morgan fingerprint density at radius 3 is 2.35 bits per heavy atom. The third-order valence-corrected chi connectivity index (χ3v) is 3.98. The maximum absolute atomic E-state index is 12.7. The standard InChI is InChI=1S/C19H15NO6/c1-2-5-14(22)26-20-9-10-8-13(21)15-16(17(10)23)19(25)12-7-4-3-6-11(12)18(15)24/h3-4,6-9,21,23H,2,5H2,1H3/b20-9+. The minimum absolute atomic E-state index is 0.0499. The number of phenolic OH excluding ortho intramolecular Hbond substituents is 2. The lowest BCUT2D eigenvalue weighted by atomic mass is 9.82. The summed E-state index contributed by atoms with van der Waals surface area (Å²) in [5.74, 6) is -2.67. The summed E-state index contributed by atoms with van der Waals surface area (Å²) < 4.78 is 0. The summed E-state index contributed by atoms with van der Waals surface area (Å²) in [6, 6.07) is 7.26. The molecule has 0 amide bonds. The van der Waals surface area contributed by atoms with E-state index in [4.69, 9.17) is 0 Å². The van der Waals surface area contributed by atoms with E-state index in [0.717, 1.165) is 12.3 Å². The van der Waals surface area contributed by atoms with E-state index in [0.29, 0.717) is 6.42 Å². The summed E-state index contributed by atoms with van der Waals surface area (Å²) in [5.41, 5.74) is -0.301. The van der Waals surface area contributed by atoms with Crippen molar-refractivity contribution in [3.8, 4) is 11.5 Å². The topological polar surface area (TPSA) is 113 Å². The second-order valence-electron chi connectivity index (χ2n) is 5.74. The summed E-state index contributed by atoms with van der Waals surface area (Å²) in [6.45, 7) is 1.80. The van der Waals surface area contributed by atoms with E-state index < -0.39 is 29.0 Å². The van der Waals surface area contributed by atoms with Gasteiger partial charge in [0.05, 0.1) is 17.3 Å². The molecule has 3 rings (SSSR count). The molecule has 2 aromatic carbocycles. The van der Waals surface area contributed by atoms with E-state index in [1.54, 1.807) is 19.1 Å². The average molecular weight is 353 g/mol. The Labute approximate surface area is 148 Å². The zero-order valence-electron chi connectivity index (χ0n) is 13.9. The van der Waals surface area contributed by atoms with Gasteiger partial charge in [0.25, 0.3) is 0 Å². The van der Waals surface area contributed by atoms with Gasteiger partial charge >= 0.3 is 5.97 Å². The quantitative estimate of drug-likeness (QED) is 0.322. The van der Waals surface area contributed by atoms with Gasteiger partial charge in [0.2, 0.25) is 0 Å². The lowest BCUT2D eigenvalue weighted by Gasteiger charge is -2.20. The van der Waals surface area contributed by atoms with E-state index in [9.17, 15) is 24.6 Å². The van der Waals surface area contributed by atoms with Crippen molar-refractivity contribution in [2.45, 2.75) is 19.8 Å². The average Bonchev–Trinajstić information content (AvgIpc) is 2.62. The molecule has 2 N–H and O–H groups in total. The predicted molar refractivity (Wildman–Crippen MR) is 91.7 cm³/mol. The van der Waals surface area contributed by atoms with Crippen molar-refractivity contribution in [2.24, 2.45) is 5.16 Å². The molecule has 1 aliphatic carbocycles. The fourth-order valence-corrected chi connectivity index (χ4v) is 2.77. The van der Waals surface area contributed by atoms with Crippen LogP contribution in [0.15, 0.2) is 35.5 Å². The summed E-state index contributed by atoms with van der Waals surface area (Å²) >= 11 is 0. The van der Waals surface area contributed by atoms with Crippen LogP contribution in [0.5, 0.6) is 11.5 Å². The molecular formula is C19H15NO6. The molecule has 26 heavy (non-hydrogen) atoms. The molecule has 7 heteroatoms. The number of benzene rings is 2. The number of aromatic hydroxyl groups is 2. The number of ketones is 2. The molecule has 7 nitrogen and oxygen atoms in total. The summed E-state index contributed by atoms with van der Waals surface area (Å²) in [7, 11) is 0. The third kappa shape index (κ3) is 2.83. The molecule has 0 radical (unpaired) electrons. The van der Waals surface area contributed by atoms with E-state index in [1.807, 2.05) is 0 Å². The van der Waals surface area contributed by atoms with Gasteiger partial charge in [-0.2, -0.15) is 0 Å². The Hall–Kier alpha value is -3.48. The summed E-state index contributed by atoms with van der Waals surface area (Å²) in [4.78, 5) is 41.2. The Bertz CT molecular complexity index is 961. The largest absolute Gasteiger partial charge is 0.507 e. The van der Waals surface area contributed by atoms with Gasteiger partial charge in [-0.25, -0.2) is 4.79 Å². The van der Waals surface area contributed by atoms with Gasteiger partial charge in [-0.1, -0.05) is 36.3 Å². The molecule has 0 saturated heterocycles. The van der Waals surface area contributed by atoms with Crippen LogP contribution < -0.4 is 0 Å². The van der Waals surface area contributed by atoms with Crippen LogP contribution in [0, 0.1) is 0 Å². The van der Waals surface area contributed by atoms with E-state index in [2.05, 4.69) is 9.99 Å². The highest BCUT2D eigenvalue weighted by atomic mass is 16.7. The van der Waals surface area contributed by atoms with Crippen molar-refractivity contribution in [3.05, 3.63) is 58.1 Å². The van der Waals surface area contributed by atoms with Gasteiger partial charge in [0, 0.05) is 23.1 Å². The maximum atomic E-state index is 12.7. The first kappa shape index (κ1) is 17.3. The number of carbonyl (C=O) groups excluding carboxylic acids is 3. The van der Waals surface area contributed by atoms with Crippen LogP contribution in [-0.2, 0) is 9.63 Å². The molecule has 0 fully saturated rings. The number of hydrogen-bond acceptors (Lipinski definition) is 7. The van der Waals surface area contributed by atoms with Crippen molar-refractivity contribution < 1.29 is 29.4 Å². The molecule has 0 atom stereocenters. The first-order chi connectivity index (χ1) is 12.5. The van der Waals surface area contributed by atoms with Crippen LogP contribution >= 0.6 is 0 Å². The number of phenols is 2. The molecule has 0 heterocycles. The molecule has 1 aliphatic rings. The lowest BCUT2D eigenvalue weighted by Crippen LogP contribution is -2.21. The number of fused-ring (bicyclic) bond motifs is 2. The molecular weight excluding hydrogens is 338 g/mol. The van der Waals surface area contributed by atoms with Crippen LogP contribution in [0.3, 0.4) is 0 Å². The van der Waals surface area contributed by atoms with Crippen LogP contribution in [0.4, 0.5) is 0 Å². The Kier molecular flexibility index (Phi) is 4.53. The molecule has 132 valence electrons. The zero-order chi connectivity index (χ0) is 18.8. The second kappa shape index (κ2) is 6.79. The predicted octanol–water partition coefficient (Wildman–Crippen LogP) is 2.55. The SMILES string of the molecule is CCCC(=O)O/N=C/c1cc(O)c2c(c1O)C(=O)c1ccccc1C2=O. The van der Waals surface area contributed by atoms with Gasteiger partial charge in [0.15, 0.2) is 11.6 Å². The van der Waals surface area contributed by atoms with Crippen LogP contribution in [0.2, 0.25) is 0 Å². The maximum Gasteiger partial charge on any atom is 0.335 e. The number of hydrogen-bond donors (Lipinski definition) is 2. The first-order valence-electron chi connectivity index (χ1n) is 7.96. The molecule has 0 saturated carbocycles. The fourth-order valence-electron chi connectivity index (χ4n) is 2.77. The Morgan fingerprint density at radius 2 is 1.73 bits per heavy atom. The molecule has 0 spiro atoms. The number of nitrogens with zero attached hydrogens (tertiary/aromatic N) is 1. The third-order valence-electron chi connectivity index (χ3n) is 3.98. The number of rotatable bonds is 4. The highest BCUT2D eigenvalue weighted by molar-refractivity contribution is 6.30. The highest BCUT2D eigenvalue weighted by Gasteiger charge is 2.35. The van der Waals surface area contributed by atoms with Crippen molar-refractivity contribution >= 4 is 23.8 Å². The smallest absolute Gasteiger partial charge is 0.335 e. The van der Waals surface area contributed by atoms with Gasteiger partial charge in [0.1, 0.15) is 11.5 Å². The Morgan fingerprint density at radius 1 is 1.12 bits per heavy atom. The van der Waals surface area contributed by atoms with Crippen molar-refractivity contribution in [3.63, 3.8) is 0 Å². The van der Waals surface area contributed by atoms with Gasteiger partial charge in [-0.05, 0) is 12.5 Å². The zero-order valence-corrected chi connectivity index (χ0v) is 13.9. The van der Waals surface area contributed by atoms with Gasteiger partial charge < -0.3 is 15.1 Å². The fraction of sp³-hybridized carbons (Fsp3) is 0.158. The van der Waals surface area contributed by atoms with Crippen LogP contribution in [0.1, 0.15) is 57.2 Å². The number of carbonyl (C=O) groups is 3. The van der Waals surface area contributed by atoms with Gasteiger partial charge in [-0.3, -0.25) is 9.59 Å². The van der Waals surface area contributed by atoms with Crippen molar-refractivity contribution in [1.29, 1.82) is 0 Å². The van der Waals surface area contributed by atoms with Crippen LogP contribution in [0.25, 0.3) is 0 Å². The highest BCUT2D eigenvalue weighted by Crippen LogP contribution is 2.39. The monoisotopic (exact) mass is 353 g/mol. The lowest BCUT2D eigenvalue weighted by molar-refractivity contribution is -0.143. The molecule has 0 aliphatic heterocycles. The van der Waals surface area contributed by atoms with Crippen molar-refractivity contribution in [2.75, 3.05) is 0 Å². The molecule has 0 bridgehead atoms. The number of oxime groups is 1. The van der Waals surface area contributed by atoms with E-state index in [1.165, 1.54) is 12.1 Å².